The van der Waals surface area contributed by atoms with Gasteiger partial charge in [0.2, 0.25) is 0 Å². The second-order valence-electron chi connectivity index (χ2n) is 6.48. The summed E-state index contributed by atoms with van der Waals surface area (Å²) in [6, 6.07) is 0.433. The first-order chi connectivity index (χ1) is 6.93. The fourth-order valence-corrected chi connectivity index (χ4v) is 3.04. The Bertz CT molecular complexity index is 184. The Kier molecular flexibility index (Phi) is 4.64. The van der Waals surface area contributed by atoms with Gasteiger partial charge in [0, 0.05) is 6.04 Å². The van der Waals surface area contributed by atoms with Crippen LogP contribution in [0.3, 0.4) is 0 Å². The smallest absolute Gasteiger partial charge is 0.00723 e. The molecule has 1 nitrogen and oxygen atoms in total. The van der Waals surface area contributed by atoms with Gasteiger partial charge >= 0.3 is 0 Å². The minimum Gasteiger partial charge on any atom is -0.327 e. The Labute approximate surface area is 95.8 Å². The van der Waals surface area contributed by atoms with E-state index in [4.69, 9.17) is 5.73 Å². The molecule has 2 atom stereocenters. The first kappa shape index (κ1) is 13.0. The highest BCUT2D eigenvalue weighted by Crippen LogP contribution is 2.42. The van der Waals surface area contributed by atoms with Gasteiger partial charge in [-0.1, -0.05) is 40.5 Å². The van der Waals surface area contributed by atoms with Crippen LogP contribution in [0.15, 0.2) is 0 Å². The van der Waals surface area contributed by atoms with Crippen LogP contribution in [0.1, 0.15) is 66.2 Å². The van der Waals surface area contributed by atoms with Crippen LogP contribution in [0.25, 0.3) is 0 Å². The number of hydrogen-bond donors (Lipinski definition) is 1. The van der Waals surface area contributed by atoms with E-state index in [0.29, 0.717) is 11.5 Å². The van der Waals surface area contributed by atoms with Crippen molar-refractivity contribution in [2.45, 2.75) is 72.3 Å². The average Bonchev–Trinajstić information content (AvgIpc) is 2.13. The fraction of sp³-hybridized carbons (Fsp3) is 1.00. The minimum atomic E-state index is 0.433. The van der Waals surface area contributed by atoms with Gasteiger partial charge in [-0.3, -0.25) is 0 Å². The molecule has 1 heteroatoms. The van der Waals surface area contributed by atoms with Gasteiger partial charge in [0.1, 0.15) is 0 Å². The van der Waals surface area contributed by atoms with Crippen LogP contribution in [-0.2, 0) is 0 Å². The zero-order valence-corrected chi connectivity index (χ0v) is 11.1. The van der Waals surface area contributed by atoms with Crippen LogP contribution in [0.4, 0.5) is 0 Å². The van der Waals surface area contributed by atoms with E-state index < -0.39 is 0 Å². The average molecular weight is 211 g/mol. The molecule has 90 valence electrons. The molecule has 1 aliphatic rings. The molecule has 0 aliphatic heterocycles. The molecule has 0 aromatic heterocycles. The number of nitrogens with two attached hydrogens (primary N) is 1. The molecule has 15 heavy (non-hydrogen) atoms. The van der Waals surface area contributed by atoms with Crippen LogP contribution in [0.2, 0.25) is 0 Å². The second-order valence-corrected chi connectivity index (χ2v) is 6.48. The summed E-state index contributed by atoms with van der Waals surface area (Å²) in [5, 5.41) is 0. The molecule has 0 amide bonds. The summed E-state index contributed by atoms with van der Waals surface area (Å²) in [4.78, 5) is 0. The molecule has 0 saturated heterocycles. The lowest BCUT2D eigenvalue weighted by Gasteiger charge is -2.42. The summed E-state index contributed by atoms with van der Waals surface area (Å²) in [6.45, 7) is 9.40. The largest absolute Gasteiger partial charge is 0.327 e. The SMILES string of the molecule is CC(C)CCC(N)C1CCCCC1(C)C. The summed E-state index contributed by atoms with van der Waals surface area (Å²) in [7, 11) is 0. The third kappa shape index (κ3) is 3.79. The van der Waals surface area contributed by atoms with Crippen molar-refractivity contribution in [3.8, 4) is 0 Å². The van der Waals surface area contributed by atoms with E-state index in [1.165, 1.54) is 38.5 Å². The van der Waals surface area contributed by atoms with E-state index in [1.807, 2.05) is 0 Å². The third-order valence-corrected chi connectivity index (χ3v) is 4.18. The Balaban J connectivity index is 2.45. The van der Waals surface area contributed by atoms with Gasteiger partial charge in [-0.15, -0.1) is 0 Å². The first-order valence-electron chi connectivity index (χ1n) is 6.69. The number of rotatable bonds is 4. The van der Waals surface area contributed by atoms with Gasteiger partial charge < -0.3 is 5.73 Å². The molecule has 0 radical (unpaired) electrons. The van der Waals surface area contributed by atoms with Crippen molar-refractivity contribution in [3.05, 3.63) is 0 Å². The van der Waals surface area contributed by atoms with Crippen molar-refractivity contribution in [1.82, 2.24) is 0 Å². The lowest BCUT2D eigenvalue weighted by Crippen LogP contribution is -2.41. The monoisotopic (exact) mass is 211 g/mol. The van der Waals surface area contributed by atoms with E-state index in [2.05, 4.69) is 27.7 Å². The van der Waals surface area contributed by atoms with Crippen molar-refractivity contribution >= 4 is 0 Å². The van der Waals surface area contributed by atoms with Crippen LogP contribution < -0.4 is 5.73 Å². The van der Waals surface area contributed by atoms with Crippen LogP contribution >= 0.6 is 0 Å². The quantitative estimate of drug-likeness (QED) is 0.748. The van der Waals surface area contributed by atoms with Crippen molar-refractivity contribution in [1.29, 1.82) is 0 Å². The molecule has 0 bridgehead atoms. The molecule has 1 fully saturated rings. The normalized spacial score (nSPS) is 28.0. The Morgan fingerprint density at radius 2 is 1.87 bits per heavy atom. The third-order valence-electron chi connectivity index (χ3n) is 4.18. The highest BCUT2D eigenvalue weighted by Gasteiger charge is 2.35. The molecular formula is C14H29N. The van der Waals surface area contributed by atoms with Gasteiger partial charge in [-0.05, 0) is 42.9 Å². The summed E-state index contributed by atoms with van der Waals surface area (Å²) < 4.78 is 0. The topological polar surface area (TPSA) is 26.0 Å². The zero-order chi connectivity index (χ0) is 11.5. The van der Waals surface area contributed by atoms with Crippen LogP contribution in [0, 0.1) is 17.3 Å². The fourth-order valence-electron chi connectivity index (χ4n) is 3.04. The molecule has 1 aliphatic carbocycles. The number of hydrogen-bond acceptors (Lipinski definition) is 1. The van der Waals surface area contributed by atoms with E-state index in [9.17, 15) is 0 Å². The Morgan fingerprint density at radius 1 is 1.20 bits per heavy atom. The van der Waals surface area contributed by atoms with E-state index in [-0.39, 0.29) is 0 Å². The summed E-state index contributed by atoms with van der Waals surface area (Å²) >= 11 is 0. The Morgan fingerprint density at radius 3 is 2.40 bits per heavy atom. The van der Waals surface area contributed by atoms with Gasteiger partial charge in [0.05, 0.1) is 0 Å². The van der Waals surface area contributed by atoms with E-state index >= 15 is 0 Å². The Hall–Kier alpha value is -0.0400. The molecule has 1 rings (SSSR count). The van der Waals surface area contributed by atoms with Crippen LogP contribution in [-0.4, -0.2) is 6.04 Å². The molecule has 2 N–H and O–H groups in total. The maximum absolute atomic E-state index is 6.37. The maximum Gasteiger partial charge on any atom is 0.00723 e. The lowest BCUT2D eigenvalue weighted by atomic mass is 9.65. The second kappa shape index (κ2) is 5.34. The lowest BCUT2D eigenvalue weighted by molar-refractivity contribution is 0.107. The highest BCUT2D eigenvalue weighted by atomic mass is 14.7. The zero-order valence-electron chi connectivity index (χ0n) is 11.1. The molecular weight excluding hydrogens is 182 g/mol. The molecule has 0 spiro atoms. The summed E-state index contributed by atoms with van der Waals surface area (Å²) in [6.07, 6.45) is 8.02. The first-order valence-corrected chi connectivity index (χ1v) is 6.69. The molecule has 0 aromatic rings. The highest BCUT2D eigenvalue weighted by molar-refractivity contribution is 4.88. The van der Waals surface area contributed by atoms with Gasteiger partial charge in [0.15, 0.2) is 0 Å². The molecule has 0 heterocycles. The van der Waals surface area contributed by atoms with Gasteiger partial charge in [0.25, 0.3) is 0 Å². The standard InChI is InChI=1S/C14H29N/c1-11(2)8-9-13(15)12-7-5-6-10-14(12,3)4/h11-13H,5-10,15H2,1-4H3. The van der Waals surface area contributed by atoms with Crippen molar-refractivity contribution < 1.29 is 0 Å². The van der Waals surface area contributed by atoms with Crippen molar-refractivity contribution in [3.63, 3.8) is 0 Å². The minimum absolute atomic E-state index is 0.433. The summed E-state index contributed by atoms with van der Waals surface area (Å²) in [5.74, 6) is 1.55. The van der Waals surface area contributed by atoms with Crippen LogP contribution in [0.5, 0.6) is 0 Å². The van der Waals surface area contributed by atoms with Gasteiger partial charge in [-0.2, -0.15) is 0 Å². The predicted molar refractivity (Wildman–Crippen MR) is 67.8 cm³/mol. The van der Waals surface area contributed by atoms with Gasteiger partial charge in [-0.25, -0.2) is 0 Å². The van der Waals surface area contributed by atoms with Crippen molar-refractivity contribution in [2.75, 3.05) is 0 Å². The van der Waals surface area contributed by atoms with E-state index in [1.54, 1.807) is 0 Å². The molecule has 0 aromatic carbocycles. The summed E-state index contributed by atoms with van der Waals surface area (Å²) in [5.41, 5.74) is 6.85. The molecule has 1 saturated carbocycles. The maximum atomic E-state index is 6.37. The molecule has 2 unspecified atom stereocenters. The van der Waals surface area contributed by atoms with Crippen molar-refractivity contribution in [2.24, 2.45) is 23.0 Å². The van der Waals surface area contributed by atoms with E-state index in [0.717, 1.165) is 11.8 Å². The predicted octanol–water partition coefficient (Wildman–Crippen LogP) is 3.97.